The fraction of sp³-hybridized carbons (Fsp3) is 1.00. The molecular weight excluding hydrogens is 513 g/mol. The first-order valence-corrected chi connectivity index (χ1v) is 14.8. The number of hydrogen-bond donors (Lipinski definition) is 0. The largest absolute Gasteiger partial charge is 0.309 e. The van der Waals surface area contributed by atoms with E-state index in [4.69, 9.17) is 4.84 Å². The Balaban J connectivity index is 1.48. The van der Waals surface area contributed by atoms with E-state index in [9.17, 15) is 10.1 Å². The summed E-state index contributed by atoms with van der Waals surface area (Å²) in [7, 11) is 0. The maximum atomic E-state index is 11.1. The van der Waals surface area contributed by atoms with Gasteiger partial charge in [0.25, 0.3) is 5.09 Å². The lowest BCUT2D eigenvalue weighted by Gasteiger charge is -2.62. The highest BCUT2D eigenvalue weighted by Crippen LogP contribution is 2.68. The van der Waals surface area contributed by atoms with Crippen LogP contribution in [0.5, 0.6) is 0 Å². The van der Waals surface area contributed by atoms with Crippen LogP contribution in [0.1, 0.15) is 105 Å². The van der Waals surface area contributed by atoms with Crippen LogP contribution in [-0.2, 0) is 4.84 Å². The van der Waals surface area contributed by atoms with Crippen molar-refractivity contribution in [3.63, 3.8) is 0 Å². The van der Waals surface area contributed by atoms with E-state index in [2.05, 4.69) is 57.2 Å². The Morgan fingerprint density at radius 2 is 1.75 bits per heavy atom. The summed E-state index contributed by atoms with van der Waals surface area (Å²) in [4.78, 5) is 16.4. The van der Waals surface area contributed by atoms with Crippen LogP contribution >= 0.6 is 22.6 Å². The van der Waals surface area contributed by atoms with E-state index in [1.807, 2.05) is 0 Å². The molecule has 0 saturated heterocycles. The smallest absolute Gasteiger partial charge is 0.294 e. The molecule has 32 heavy (non-hydrogen) atoms. The Kier molecular flexibility index (Phi) is 7.45. The molecule has 10 atom stereocenters. The molecule has 4 fully saturated rings. The Hall–Kier alpha value is -0.0700. The summed E-state index contributed by atoms with van der Waals surface area (Å²) in [6.45, 7) is 12.4. The van der Waals surface area contributed by atoms with Gasteiger partial charge in [0.1, 0.15) is 6.10 Å². The van der Waals surface area contributed by atoms with E-state index in [1.54, 1.807) is 0 Å². The highest BCUT2D eigenvalue weighted by molar-refractivity contribution is 14.1. The van der Waals surface area contributed by atoms with Gasteiger partial charge in [0.05, 0.1) is 0 Å². The summed E-state index contributed by atoms with van der Waals surface area (Å²) in [5, 5.41) is 10.6. The average molecular weight is 560 g/mol. The first kappa shape index (κ1) is 25.0. The van der Waals surface area contributed by atoms with Gasteiger partial charge < -0.3 is 4.84 Å². The topological polar surface area (TPSA) is 52.4 Å². The van der Waals surface area contributed by atoms with Gasteiger partial charge in [0.15, 0.2) is 0 Å². The molecule has 0 N–H and O–H groups in total. The number of alkyl halides is 1. The zero-order chi connectivity index (χ0) is 23.3. The second-order valence-corrected chi connectivity index (χ2v) is 14.6. The molecule has 0 spiro atoms. The quantitative estimate of drug-likeness (QED) is 0.137. The number of hydrogen-bond acceptors (Lipinski definition) is 3. The van der Waals surface area contributed by atoms with Crippen LogP contribution < -0.4 is 0 Å². The van der Waals surface area contributed by atoms with E-state index in [0.717, 1.165) is 48.3 Å². The van der Waals surface area contributed by atoms with Crippen LogP contribution in [0.3, 0.4) is 0 Å². The van der Waals surface area contributed by atoms with E-state index >= 15 is 0 Å². The van der Waals surface area contributed by atoms with Crippen molar-refractivity contribution in [2.24, 2.45) is 52.3 Å². The van der Waals surface area contributed by atoms with Gasteiger partial charge in [-0.3, -0.25) is 0 Å². The third-order valence-electron chi connectivity index (χ3n) is 11.0. The van der Waals surface area contributed by atoms with Crippen molar-refractivity contribution < 1.29 is 9.92 Å². The summed E-state index contributed by atoms with van der Waals surface area (Å²) < 4.78 is 0.268. The van der Waals surface area contributed by atoms with E-state index in [-0.39, 0.29) is 15.4 Å². The standard InChI is InChI=1S/C27H46INO3/c1-17(2)7-6-8-18(3)21-11-12-22-20-10-9-19-15-24(28)25(32-29(30)31)16-27(19,5)23(20)13-14-26(21,22)4/h17-25H,6-16H2,1-5H3/t18-,19+,20+,21-,22+,23+,24+,25+,26-,27+/m1/s1. The molecule has 184 valence electrons. The van der Waals surface area contributed by atoms with Gasteiger partial charge in [-0.05, 0) is 104 Å². The Morgan fingerprint density at radius 1 is 1.03 bits per heavy atom. The zero-order valence-electron chi connectivity index (χ0n) is 21.0. The van der Waals surface area contributed by atoms with E-state index in [1.165, 1.54) is 57.8 Å². The first-order valence-electron chi connectivity index (χ1n) is 13.5. The molecule has 0 amide bonds. The first-order chi connectivity index (χ1) is 15.1. The maximum Gasteiger partial charge on any atom is 0.294 e. The molecule has 4 rings (SSSR count). The van der Waals surface area contributed by atoms with Crippen molar-refractivity contribution in [3.8, 4) is 0 Å². The summed E-state index contributed by atoms with van der Waals surface area (Å²) in [6.07, 6.45) is 14.2. The predicted molar refractivity (Wildman–Crippen MR) is 138 cm³/mol. The lowest BCUT2D eigenvalue weighted by molar-refractivity contribution is -0.769. The molecule has 0 aromatic carbocycles. The molecule has 0 aliphatic heterocycles. The lowest BCUT2D eigenvalue weighted by Crippen LogP contribution is -2.56. The highest BCUT2D eigenvalue weighted by atomic mass is 127. The molecular formula is C27H46INO3. The van der Waals surface area contributed by atoms with E-state index in [0.29, 0.717) is 11.3 Å². The minimum Gasteiger partial charge on any atom is -0.309 e. The van der Waals surface area contributed by atoms with Crippen LogP contribution in [0.15, 0.2) is 0 Å². The summed E-state index contributed by atoms with van der Waals surface area (Å²) in [5.74, 6) is 5.70. The van der Waals surface area contributed by atoms with Gasteiger partial charge in [0, 0.05) is 3.92 Å². The van der Waals surface area contributed by atoms with Crippen LogP contribution in [0, 0.1) is 62.4 Å². The molecule has 0 aromatic heterocycles. The Bertz CT molecular complexity index is 686. The van der Waals surface area contributed by atoms with Crippen LogP contribution in [-0.4, -0.2) is 15.1 Å². The predicted octanol–water partition coefficient (Wildman–Crippen LogP) is 8.10. The van der Waals surface area contributed by atoms with Gasteiger partial charge in [-0.1, -0.05) is 76.5 Å². The lowest BCUT2D eigenvalue weighted by atomic mass is 9.44. The molecule has 0 radical (unpaired) electrons. The monoisotopic (exact) mass is 559 g/mol. The molecule has 4 saturated carbocycles. The van der Waals surface area contributed by atoms with Crippen LogP contribution in [0.25, 0.3) is 0 Å². The molecule has 0 aromatic rings. The molecule has 4 aliphatic carbocycles. The zero-order valence-corrected chi connectivity index (χ0v) is 23.2. The molecule has 4 aliphatic rings. The van der Waals surface area contributed by atoms with Crippen LogP contribution in [0.2, 0.25) is 0 Å². The van der Waals surface area contributed by atoms with E-state index < -0.39 is 5.09 Å². The number of nitrogens with zero attached hydrogens (tertiary/aromatic N) is 1. The second-order valence-electron chi connectivity index (χ2n) is 13.0. The fourth-order valence-electron chi connectivity index (χ4n) is 9.46. The van der Waals surface area contributed by atoms with Gasteiger partial charge in [-0.15, -0.1) is 10.1 Å². The van der Waals surface area contributed by atoms with Crippen molar-refractivity contribution in [2.75, 3.05) is 0 Å². The third kappa shape index (κ3) is 4.46. The minimum atomic E-state index is -0.541. The van der Waals surface area contributed by atoms with Crippen molar-refractivity contribution in [3.05, 3.63) is 10.1 Å². The van der Waals surface area contributed by atoms with Gasteiger partial charge >= 0.3 is 0 Å². The maximum absolute atomic E-state index is 11.1. The number of fused-ring (bicyclic) bond motifs is 5. The second kappa shape index (κ2) is 9.53. The normalized spacial score (nSPS) is 46.8. The fourth-order valence-corrected chi connectivity index (χ4v) is 10.5. The summed E-state index contributed by atoms with van der Waals surface area (Å²) in [5.41, 5.74) is 0.729. The summed E-state index contributed by atoms with van der Waals surface area (Å²) in [6, 6.07) is 0. The molecule has 4 nitrogen and oxygen atoms in total. The van der Waals surface area contributed by atoms with Gasteiger partial charge in [-0.2, -0.15) is 0 Å². The van der Waals surface area contributed by atoms with Crippen molar-refractivity contribution in [1.29, 1.82) is 0 Å². The number of halogens is 1. The van der Waals surface area contributed by atoms with Crippen molar-refractivity contribution >= 4 is 22.6 Å². The highest BCUT2D eigenvalue weighted by Gasteiger charge is 2.61. The third-order valence-corrected chi connectivity index (χ3v) is 12.4. The Morgan fingerprint density at radius 3 is 2.44 bits per heavy atom. The number of rotatable bonds is 7. The summed E-state index contributed by atoms with van der Waals surface area (Å²) >= 11 is 2.42. The van der Waals surface area contributed by atoms with Gasteiger partial charge in [-0.25, -0.2) is 0 Å². The minimum absolute atomic E-state index is 0.216. The SMILES string of the molecule is CC(C)CCC[C@@H](C)[C@H]1CC[C@H]2[C@@H]3CC[C@H]4C[C@H](I)[C@@H](O[N+](=O)[O-])C[C@]4(C)[C@H]3CC[C@]12C. The van der Waals surface area contributed by atoms with Gasteiger partial charge in [0.2, 0.25) is 0 Å². The molecule has 0 unspecified atom stereocenters. The van der Waals surface area contributed by atoms with Crippen molar-refractivity contribution in [2.45, 2.75) is 115 Å². The van der Waals surface area contributed by atoms with Crippen molar-refractivity contribution in [1.82, 2.24) is 0 Å². The molecule has 5 heteroatoms. The molecule has 0 bridgehead atoms. The van der Waals surface area contributed by atoms with Crippen LogP contribution in [0.4, 0.5) is 0 Å². The molecule has 0 heterocycles. The average Bonchev–Trinajstić information content (AvgIpc) is 3.05. The Labute approximate surface area is 209 Å².